The van der Waals surface area contributed by atoms with Crippen LogP contribution in [0.15, 0.2) is 29.3 Å². The summed E-state index contributed by atoms with van der Waals surface area (Å²) in [7, 11) is 0. The van der Waals surface area contributed by atoms with E-state index in [2.05, 4.69) is 33.1 Å². The standard InChI is InChI=1S/C23H38N6O/c1-4-24-22(27-20-13-14-29(16-20)21-7-5-6-8-21)25-15-18-9-11-19(12-10-18)28-23(30)26-17(2)3/h9-12,17,20-21H,4-8,13-16H2,1-3H3,(H2,24,25,27)(H2,26,28,30). The van der Waals surface area contributed by atoms with Gasteiger partial charge < -0.3 is 21.3 Å². The lowest BCUT2D eigenvalue weighted by Crippen LogP contribution is -2.45. The molecule has 166 valence electrons. The van der Waals surface area contributed by atoms with Gasteiger partial charge in [0.15, 0.2) is 5.96 Å². The molecular formula is C23H38N6O. The van der Waals surface area contributed by atoms with Crippen LogP contribution < -0.4 is 21.3 Å². The molecule has 7 heteroatoms. The summed E-state index contributed by atoms with van der Waals surface area (Å²) in [6, 6.07) is 9.05. The third-order valence-corrected chi connectivity index (χ3v) is 5.80. The fourth-order valence-electron chi connectivity index (χ4n) is 4.31. The minimum atomic E-state index is -0.183. The van der Waals surface area contributed by atoms with Crippen molar-refractivity contribution < 1.29 is 4.79 Å². The SMILES string of the molecule is CCNC(=NCc1ccc(NC(=O)NC(C)C)cc1)NC1CCN(C2CCCC2)C1. The molecule has 1 saturated carbocycles. The molecule has 30 heavy (non-hydrogen) atoms. The van der Waals surface area contributed by atoms with Crippen LogP contribution in [0.2, 0.25) is 0 Å². The van der Waals surface area contributed by atoms with Crippen LogP contribution in [0, 0.1) is 0 Å². The zero-order valence-corrected chi connectivity index (χ0v) is 18.7. The van der Waals surface area contributed by atoms with Crippen LogP contribution in [0.5, 0.6) is 0 Å². The quantitative estimate of drug-likeness (QED) is 0.408. The van der Waals surface area contributed by atoms with Gasteiger partial charge in [0, 0.05) is 43.4 Å². The Bertz CT molecular complexity index is 696. The Morgan fingerprint density at radius 2 is 1.90 bits per heavy atom. The monoisotopic (exact) mass is 414 g/mol. The number of rotatable bonds is 7. The van der Waals surface area contributed by atoms with Gasteiger partial charge in [-0.05, 0) is 57.7 Å². The van der Waals surface area contributed by atoms with Crippen LogP contribution in [0.3, 0.4) is 0 Å². The number of urea groups is 1. The second-order valence-electron chi connectivity index (χ2n) is 8.71. The van der Waals surface area contributed by atoms with E-state index in [4.69, 9.17) is 4.99 Å². The highest BCUT2D eigenvalue weighted by Crippen LogP contribution is 2.26. The van der Waals surface area contributed by atoms with E-state index in [0.717, 1.165) is 36.3 Å². The highest BCUT2D eigenvalue weighted by Gasteiger charge is 2.30. The van der Waals surface area contributed by atoms with E-state index in [-0.39, 0.29) is 12.1 Å². The maximum Gasteiger partial charge on any atom is 0.319 e. The zero-order chi connectivity index (χ0) is 21.3. The molecule has 2 aliphatic rings. The molecule has 1 aromatic rings. The van der Waals surface area contributed by atoms with Crippen molar-refractivity contribution in [3.63, 3.8) is 0 Å². The first-order valence-corrected chi connectivity index (χ1v) is 11.5. The summed E-state index contributed by atoms with van der Waals surface area (Å²) in [5.74, 6) is 0.884. The van der Waals surface area contributed by atoms with Gasteiger partial charge in [-0.2, -0.15) is 0 Å². The Kier molecular flexibility index (Phi) is 8.37. The minimum Gasteiger partial charge on any atom is -0.357 e. The Hall–Kier alpha value is -2.28. The lowest BCUT2D eigenvalue weighted by atomic mass is 10.2. The van der Waals surface area contributed by atoms with Crippen molar-refractivity contribution in [3.05, 3.63) is 29.8 Å². The molecule has 2 amide bonds. The van der Waals surface area contributed by atoms with Crippen LogP contribution in [0.1, 0.15) is 58.4 Å². The van der Waals surface area contributed by atoms with Crippen molar-refractivity contribution in [3.8, 4) is 0 Å². The van der Waals surface area contributed by atoms with E-state index >= 15 is 0 Å². The third kappa shape index (κ3) is 6.90. The number of carbonyl (C=O) groups excluding carboxylic acids is 1. The smallest absolute Gasteiger partial charge is 0.319 e. The number of anilines is 1. The summed E-state index contributed by atoms with van der Waals surface area (Å²) in [5.41, 5.74) is 1.89. The zero-order valence-electron chi connectivity index (χ0n) is 18.7. The Labute approximate surface area is 181 Å². The van der Waals surface area contributed by atoms with Crippen molar-refractivity contribution in [2.45, 2.75) is 77.5 Å². The molecule has 1 unspecified atom stereocenters. The maximum atomic E-state index is 11.8. The first kappa shape index (κ1) is 22.4. The van der Waals surface area contributed by atoms with Crippen molar-refractivity contribution in [1.29, 1.82) is 0 Å². The highest BCUT2D eigenvalue weighted by atomic mass is 16.2. The molecule has 3 rings (SSSR count). The van der Waals surface area contributed by atoms with Gasteiger partial charge >= 0.3 is 6.03 Å². The summed E-state index contributed by atoms with van der Waals surface area (Å²) in [5, 5.41) is 12.7. The molecule has 1 aliphatic carbocycles. The summed E-state index contributed by atoms with van der Waals surface area (Å²) < 4.78 is 0. The molecule has 0 aromatic heterocycles. The second-order valence-corrected chi connectivity index (χ2v) is 8.71. The van der Waals surface area contributed by atoms with E-state index in [1.54, 1.807) is 0 Å². The van der Waals surface area contributed by atoms with E-state index in [0.29, 0.717) is 12.6 Å². The van der Waals surface area contributed by atoms with Crippen molar-refractivity contribution in [2.75, 3.05) is 25.0 Å². The van der Waals surface area contributed by atoms with Crippen LogP contribution in [0.25, 0.3) is 0 Å². The molecule has 1 heterocycles. The predicted octanol–water partition coefficient (Wildman–Crippen LogP) is 3.29. The fraction of sp³-hybridized carbons (Fsp3) is 0.652. The number of aliphatic imine (C=N–C) groups is 1. The Balaban J connectivity index is 1.50. The summed E-state index contributed by atoms with van der Waals surface area (Å²) >= 11 is 0. The number of guanidine groups is 1. The van der Waals surface area contributed by atoms with Crippen molar-refractivity contribution >= 4 is 17.7 Å². The van der Waals surface area contributed by atoms with Crippen LogP contribution in [-0.2, 0) is 6.54 Å². The molecule has 1 aromatic carbocycles. The summed E-state index contributed by atoms with van der Waals surface area (Å²) in [4.78, 5) is 19.2. The lowest BCUT2D eigenvalue weighted by Gasteiger charge is -2.24. The number of amides is 2. The molecule has 1 aliphatic heterocycles. The third-order valence-electron chi connectivity index (χ3n) is 5.80. The van der Waals surface area contributed by atoms with Gasteiger partial charge in [-0.25, -0.2) is 9.79 Å². The average Bonchev–Trinajstić information content (AvgIpc) is 3.38. The fourth-order valence-corrected chi connectivity index (χ4v) is 4.31. The van der Waals surface area contributed by atoms with Crippen molar-refractivity contribution in [2.24, 2.45) is 4.99 Å². The van der Waals surface area contributed by atoms with Gasteiger partial charge in [-0.1, -0.05) is 25.0 Å². The van der Waals surface area contributed by atoms with E-state index in [1.165, 1.54) is 38.6 Å². The number of hydrogen-bond acceptors (Lipinski definition) is 3. The molecule has 0 bridgehead atoms. The predicted molar refractivity (Wildman–Crippen MR) is 124 cm³/mol. The topological polar surface area (TPSA) is 80.8 Å². The van der Waals surface area contributed by atoms with Gasteiger partial charge in [-0.15, -0.1) is 0 Å². The van der Waals surface area contributed by atoms with Gasteiger partial charge in [-0.3, -0.25) is 4.90 Å². The average molecular weight is 415 g/mol. The minimum absolute atomic E-state index is 0.112. The molecule has 2 fully saturated rings. The van der Waals surface area contributed by atoms with Gasteiger partial charge in [0.1, 0.15) is 0 Å². The molecule has 1 saturated heterocycles. The number of benzene rings is 1. The first-order valence-electron chi connectivity index (χ1n) is 11.5. The van der Waals surface area contributed by atoms with E-state index in [9.17, 15) is 4.79 Å². The molecular weight excluding hydrogens is 376 g/mol. The maximum absolute atomic E-state index is 11.8. The molecule has 0 spiro atoms. The van der Waals surface area contributed by atoms with E-state index < -0.39 is 0 Å². The number of carbonyl (C=O) groups is 1. The number of nitrogens with one attached hydrogen (secondary N) is 4. The molecule has 1 atom stereocenters. The normalized spacial score (nSPS) is 20.5. The van der Waals surface area contributed by atoms with Gasteiger partial charge in [0.2, 0.25) is 0 Å². The molecule has 0 radical (unpaired) electrons. The van der Waals surface area contributed by atoms with Gasteiger partial charge in [0.05, 0.1) is 6.54 Å². The second kappa shape index (κ2) is 11.2. The van der Waals surface area contributed by atoms with Crippen LogP contribution in [-0.4, -0.2) is 54.7 Å². The van der Waals surface area contributed by atoms with Gasteiger partial charge in [0.25, 0.3) is 0 Å². The Morgan fingerprint density at radius 3 is 2.57 bits per heavy atom. The molecule has 7 nitrogen and oxygen atoms in total. The summed E-state index contributed by atoms with van der Waals surface area (Å²) in [6.45, 7) is 9.74. The largest absolute Gasteiger partial charge is 0.357 e. The van der Waals surface area contributed by atoms with Crippen LogP contribution in [0.4, 0.5) is 10.5 Å². The lowest BCUT2D eigenvalue weighted by molar-refractivity contribution is 0.242. The highest BCUT2D eigenvalue weighted by molar-refractivity contribution is 5.89. The van der Waals surface area contributed by atoms with Crippen molar-refractivity contribution in [1.82, 2.24) is 20.9 Å². The molecule has 4 N–H and O–H groups in total. The first-order chi connectivity index (χ1) is 14.5. The van der Waals surface area contributed by atoms with E-state index in [1.807, 2.05) is 38.1 Å². The number of hydrogen-bond donors (Lipinski definition) is 4. The van der Waals surface area contributed by atoms with Crippen LogP contribution >= 0.6 is 0 Å². The summed E-state index contributed by atoms with van der Waals surface area (Å²) in [6.07, 6.45) is 6.69. The number of nitrogens with zero attached hydrogens (tertiary/aromatic N) is 2. The Morgan fingerprint density at radius 1 is 1.17 bits per heavy atom. The number of likely N-dealkylation sites (tertiary alicyclic amines) is 1.